The highest BCUT2D eigenvalue weighted by Crippen LogP contribution is 2.29. The molecule has 0 aliphatic heterocycles. The minimum Gasteiger partial charge on any atom is -0.271 e. The highest BCUT2D eigenvalue weighted by molar-refractivity contribution is 7.08. The van der Waals surface area contributed by atoms with E-state index in [-0.39, 0.29) is 6.04 Å². The first kappa shape index (κ1) is 12.3. The van der Waals surface area contributed by atoms with Crippen molar-refractivity contribution in [2.75, 3.05) is 0 Å². The molecule has 0 spiro atoms. The van der Waals surface area contributed by atoms with Gasteiger partial charge < -0.3 is 0 Å². The number of nitrogens with one attached hydrogen (secondary N) is 1. The summed E-state index contributed by atoms with van der Waals surface area (Å²) < 4.78 is 0. The van der Waals surface area contributed by atoms with E-state index in [1.54, 1.807) is 11.3 Å². The van der Waals surface area contributed by atoms with Crippen LogP contribution in [0.5, 0.6) is 0 Å². The van der Waals surface area contributed by atoms with E-state index in [1.807, 2.05) is 0 Å². The second-order valence-corrected chi connectivity index (χ2v) is 5.21. The summed E-state index contributed by atoms with van der Waals surface area (Å²) in [4.78, 5) is 0. The van der Waals surface area contributed by atoms with E-state index in [1.165, 1.54) is 27.8 Å². The first-order valence-electron chi connectivity index (χ1n) is 5.69. The monoisotopic (exact) mass is 246 g/mol. The Hall–Kier alpha value is -1.16. The number of thiophene rings is 1. The lowest BCUT2D eigenvalue weighted by molar-refractivity contribution is 0.632. The van der Waals surface area contributed by atoms with Gasteiger partial charge in [-0.1, -0.05) is 23.8 Å². The maximum absolute atomic E-state index is 5.73. The zero-order valence-corrected chi connectivity index (χ0v) is 11.3. The molecule has 0 saturated carbocycles. The molecule has 0 amide bonds. The summed E-state index contributed by atoms with van der Waals surface area (Å²) >= 11 is 1.72. The smallest absolute Gasteiger partial charge is 0.0723 e. The average Bonchev–Trinajstić information content (AvgIpc) is 2.69. The van der Waals surface area contributed by atoms with E-state index in [0.29, 0.717) is 0 Å². The van der Waals surface area contributed by atoms with E-state index >= 15 is 0 Å². The summed E-state index contributed by atoms with van der Waals surface area (Å²) in [6, 6.07) is 6.57. The maximum Gasteiger partial charge on any atom is 0.0723 e. The second kappa shape index (κ2) is 5.00. The Kier molecular flexibility index (Phi) is 3.62. The largest absolute Gasteiger partial charge is 0.271 e. The van der Waals surface area contributed by atoms with Crippen LogP contribution in [0.3, 0.4) is 0 Å². The van der Waals surface area contributed by atoms with Crippen molar-refractivity contribution in [2.45, 2.75) is 26.8 Å². The van der Waals surface area contributed by atoms with Crippen molar-refractivity contribution >= 4 is 11.3 Å². The van der Waals surface area contributed by atoms with Crippen molar-refractivity contribution in [2.24, 2.45) is 5.84 Å². The van der Waals surface area contributed by atoms with Crippen molar-refractivity contribution in [1.29, 1.82) is 0 Å². The van der Waals surface area contributed by atoms with E-state index in [4.69, 9.17) is 5.84 Å². The van der Waals surface area contributed by atoms with Crippen LogP contribution >= 0.6 is 11.3 Å². The molecule has 90 valence electrons. The molecule has 1 unspecified atom stereocenters. The minimum atomic E-state index is 0.0850. The standard InChI is InChI=1S/C14H18N2S/c1-9-4-5-12(10(2)6-9)14(16-15)13-8-17-7-11(13)3/h4-8,14,16H,15H2,1-3H3. The van der Waals surface area contributed by atoms with Crippen LogP contribution in [0.25, 0.3) is 0 Å². The Balaban J connectivity index is 2.46. The lowest BCUT2D eigenvalue weighted by Gasteiger charge is -2.19. The number of hydrogen-bond acceptors (Lipinski definition) is 3. The van der Waals surface area contributed by atoms with E-state index in [0.717, 1.165) is 0 Å². The third-order valence-electron chi connectivity index (χ3n) is 3.11. The van der Waals surface area contributed by atoms with Gasteiger partial charge in [0.15, 0.2) is 0 Å². The quantitative estimate of drug-likeness (QED) is 0.644. The molecule has 3 N–H and O–H groups in total. The zero-order chi connectivity index (χ0) is 12.4. The van der Waals surface area contributed by atoms with Crippen molar-refractivity contribution in [3.8, 4) is 0 Å². The number of nitrogens with two attached hydrogens (primary N) is 1. The van der Waals surface area contributed by atoms with Crippen LogP contribution in [0.2, 0.25) is 0 Å². The molecule has 0 bridgehead atoms. The Labute approximate surface area is 106 Å². The van der Waals surface area contributed by atoms with Gasteiger partial charge in [-0.2, -0.15) is 11.3 Å². The lowest BCUT2D eigenvalue weighted by atomic mass is 9.94. The summed E-state index contributed by atoms with van der Waals surface area (Å²) in [5, 5.41) is 4.32. The predicted molar refractivity (Wildman–Crippen MR) is 74.1 cm³/mol. The first-order valence-corrected chi connectivity index (χ1v) is 6.63. The summed E-state index contributed by atoms with van der Waals surface area (Å²) in [7, 11) is 0. The molecule has 1 aromatic carbocycles. The lowest BCUT2D eigenvalue weighted by Crippen LogP contribution is -2.29. The summed E-state index contributed by atoms with van der Waals surface area (Å²) in [6.45, 7) is 6.37. The molecular formula is C14H18N2S. The van der Waals surface area contributed by atoms with Crippen LogP contribution in [0.4, 0.5) is 0 Å². The minimum absolute atomic E-state index is 0.0850. The number of aryl methyl sites for hydroxylation is 3. The molecule has 2 nitrogen and oxygen atoms in total. The van der Waals surface area contributed by atoms with Gasteiger partial charge in [-0.05, 0) is 53.8 Å². The number of rotatable bonds is 3. The summed E-state index contributed by atoms with van der Waals surface area (Å²) in [6.07, 6.45) is 0. The van der Waals surface area contributed by atoms with Crippen molar-refractivity contribution < 1.29 is 0 Å². The molecule has 2 rings (SSSR count). The highest BCUT2D eigenvalue weighted by atomic mass is 32.1. The highest BCUT2D eigenvalue weighted by Gasteiger charge is 2.17. The van der Waals surface area contributed by atoms with Gasteiger partial charge in [0.1, 0.15) is 0 Å². The molecule has 17 heavy (non-hydrogen) atoms. The molecule has 0 fully saturated rings. The Bertz CT molecular complexity index is 517. The van der Waals surface area contributed by atoms with Crippen LogP contribution in [-0.2, 0) is 0 Å². The molecule has 1 atom stereocenters. The Morgan fingerprint density at radius 2 is 1.82 bits per heavy atom. The molecular weight excluding hydrogens is 228 g/mol. The van der Waals surface area contributed by atoms with Crippen LogP contribution in [0.15, 0.2) is 29.0 Å². The van der Waals surface area contributed by atoms with E-state index < -0.39 is 0 Å². The molecule has 1 heterocycles. The van der Waals surface area contributed by atoms with Gasteiger partial charge in [-0.15, -0.1) is 0 Å². The topological polar surface area (TPSA) is 38.0 Å². The van der Waals surface area contributed by atoms with Crippen molar-refractivity contribution in [3.63, 3.8) is 0 Å². The molecule has 0 saturated heterocycles. The van der Waals surface area contributed by atoms with Gasteiger partial charge in [0, 0.05) is 0 Å². The molecule has 1 aromatic heterocycles. The number of benzene rings is 1. The van der Waals surface area contributed by atoms with Gasteiger partial charge in [0.2, 0.25) is 0 Å². The van der Waals surface area contributed by atoms with Crippen LogP contribution < -0.4 is 11.3 Å². The van der Waals surface area contributed by atoms with Crippen LogP contribution in [0, 0.1) is 20.8 Å². The summed E-state index contributed by atoms with van der Waals surface area (Å²) in [5.41, 5.74) is 9.29. The van der Waals surface area contributed by atoms with Gasteiger partial charge in [-0.25, -0.2) is 5.43 Å². The fourth-order valence-corrected chi connectivity index (χ4v) is 3.04. The molecule has 0 aliphatic carbocycles. The second-order valence-electron chi connectivity index (χ2n) is 4.47. The van der Waals surface area contributed by atoms with Gasteiger partial charge in [0.05, 0.1) is 6.04 Å². The molecule has 0 radical (unpaired) electrons. The fourth-order valence-electron chi connectivity index (χ4n) is 2.16. The number of hydrazine groups is 1. The zero-order valence-electron chi connectivity index (χ0n) is 10.4. The fraction of sp³-hybridized carbons (Fsp3) is 0.286. The summed E-state index contributed by atoms with van der Waals surface area (Å²) in [5.74, 6) is 5.73. The van der Waals surface area contributed by atoms with Crippen molar-refractivity contribution in [3.05, 3.63) is 56.8 Å². The van der Waals surface area contributed by atoms with Gasteiger partial charge in [0.25, 0.3) is 0 Å². The molecule has 2 aromatic rings. The van der Waals surface area contributed by atoms with Crippen LogP contribution in [0.1, 0.15) is 33.9 Å². The predicted octanol–water partition coefficient (Wildman–Crippen LogP) is 3.23. The van der Waals surface area contributed by atoms with Gasteiger partial charge >= 0.3 is 0 Å². The average molecular weight is 246 g/mol. The first-order chi connectivity index (χ1) is 8.13. The Morgan fingerprint density at radius 3 is 2.35 bits per heavy atom. The Morgan fingerprint density at radius 1 is 1.06 bits per heavy atom. The SMILES string of the molecule is Cc1ccc(C(NN)c2cscc2C)c(C)c1. The van der Waals surface area contributed by atoms with E-state index in [2.05, 4.69) is 55.2 Å². The number of hydrogen-bond donors (Lipinski definition) is 2. The normalized spacial score (nSPS) is 12.7. The third kappa shape index (κ3) is 2.41. The van der Waals surface area contributed by atoms with E-state index in [9.17, 15) is 0 Å². The molecule has 3 heteroatoms. The van der Waals surface area contributed by atoms with Crippen LogP contribution in [-0.4, -0.2) is 0 Å². The van der Waals surface area contributed by atoms with Crippen molar-refractivity contribution in [1.82, 2.24) is 5.43 Å². The third-order valence-corrected chi connectivity index (χ3v) is 3.99. The molecule has 0 aliphatic rings. The van der Waals surface area contributed by atoms with Gasteiger partial charge in [-0.3, -0.25) is 5.84 Å². The maximum atomic E-state index is 5.73.